The topological polar surface area (TPSA) is 224 Å². The highest BCUT2D eigenvalue weighted by Crippen LogP contribution is 2.38. The average molecular weight is 1100 g/mol. The Morgan fingerprint density at radius 1 is 0.463 bits per heavy atom. The van der Waals surface area contributed by atoms with Crippen LogP contribution in [-0.4, -0.2) is 75.4 Å². The van der Waals surface area contributed by atoms with E-state index in [2.05, 4.69) is 35.6 Å². The van der Waals surface area contributed by atoms with E-state index in [0.717, 1.165) is 11.1 Å². The number of pyridine rings is 3. The monoisotopic (exact) mass is 1090 g/mol. The van der Waals surface area contributed by atoms with E-state index in [9.17, 15) is 46.5 Å². The predicted octanol–water partition coefficient (Wildman–Crippen LogP) is 14.2. The summed E-state index contributed by atoms with van der Waals surface area (Å²) in [6.45, 7) is 2.45. The van der Waals surface area contributed by atoms with Gasteiger partial charge in [-0.25, -0.2) is 38.1 Å². The van der Waals surface area contributed by atoms with E-state index >= 15 is 0 Å². The van der Waals surface area contributed by atoms with Crippen molar-refractivity contribution in [3.8, 4) is 56.4 Å². The Bertz CT molecular complexity index is 3660. The molecule has 0 bridgehead atoms. The number of ether oxygens (including phenoxy) is 4. The molecule has 6 N–H and O–H groups in total. The Morgan fingerprint density at radius 2 is 0.812 bits per heavy atom. The number of carboxylic acid groups (broad SMARTS) is 3. The van der Waals surface area contributed by atoms with E-state index in [1.807, 2.05) is 55.5 Å². The number of anilines is 6. The van der Waals surface area contributed by atoms with Gasteiger partial charge in [-0.2, -0.15) is 0 Å². The Kier molecular flexibility index (Phi) is 18.9. The predicted molar refractivity (Wildman–Crippen MR) is 290 cm³/mol. The standard InChI is InChI=1S/C20H15F3N2O4.C20H17FN2O3.C19H15FN2O3/c1-28-14-5-2-4-12(10-14)13-7-8-16(17(11-13)29-20(21,22)23)25-18-15(19(26)27)6-3-9-24-18;1-2-26-15-6-3-5-13(11-15)14-8-9-18(17(21)12-14)23-19-16(20(24)25)7-4-10-22-19;1-25-14-5-2-4-12(10-14)13-7-8-17(16(20)11-13)22-18-15(19(23)24)6-3-9-21-18/h2-11H,1H3,(H,24,25)(H,26,27);3-12H,2H2,1H3,(H,22,23)(H,24,25);2-11H,1H3,(H,21,22)(H,23,24). The molecule has 9 rings (SSSR count). The number of carboxylic acids is 3. The lowest BCUT2D eigenvalue weighted by Gasteiger charge is -2.16. The van der Waals surface area contributed by atoms with Crippen molar-refractivity contribution in [2.24, 2.45) is 0 Å². The van der Waals surface area contributed by atoms with Gasteiger partial charge >= 0.3 is 24.3 Å². The summed E-state index contributed by atoms with van der Waals surface area (Å²) in [5.41, 5.74) is 4.04. The van der Waals surface area contributed by atoms with Crippen molar-refractivity contribution in [3.05, 3.63) is 211 Å². The Balaban J connectivity index is 0.000000174. The molecule has 0 saturated heterocycles. The van der Waals surface area contributed by atoms with Gasteiger partial charge in [0.25, 0.3) is 0 Å². The molecule has 21 heteroatoms. The quantitative estimate of drug-likeness (QED) is 0.0467. The minimum absolute atomic E-state index is 0.0274. The fourth-order valence-corrected chi connectivity index (χ4v) is 7.56. The molecular formula is C59H47F5N6O10. The smallest absolute Gasteiger partial charge is 0.497 e. The van der Waals surface area contributed by atoms with Gasteiger partial charge in [-0.1, -0.05) is 54.6 Å². The van der Waals surface area contributed by atoms with Gasteiger partial charge in [0.05, 0.1) is 37.9 Å². The maximum Gasteiger partial charge on any atom is 0.573 e. The highest BCUT2D eigenvalue weighted by Gasteiger charge is 2.33. The number of aromatic carboxylic acids is 3. The molecule has 0 aliphatic rings. The maximum absolute atomic E-state index is 14.5. The first kappa shape index (κ1) is 57.1. The number of nitrogens with one attached hydrogen (secondary N) is 3. The zero-order valence-electron chi connectivity index (χ0n) is 42.5. The summed E-state index contributed by atoms with van der Waals surface area (Å²) >= 11 is 0. The fraction of sp³-hybridized carbons (Fsp3) is 0.0847. The Morgan fingerprint density at radius 3 is 1.18 bits per heavy atom. The fourth-order valence-electron chi connectivity index (χ4n) is 7.56. The van der Waals surface area contributed by atoms with Crippen LogP contribution in [0.4, 0.5) is 56.5 Å². The highest BCUT2D eigenvalue weighted by molar-refractivity contribution is 5.95. The largest absolute Gasteiger partial charge is 0.573 e. The van der Waals surface area contributed by atoms with Gasteiger partial charge in [0.1, 0.15) is 63.0 Å². The lowest BCUT2D eigenvalue weighted by atomic mass is 10.0. The average Bonchev–Trinajstić information content (AvgIpc) is 3.45. The Labute approximate surface area is 453 Å². The van der Waals surface area contributed by atoms with Crippen LogP contribution in [0.3, 0.4) is 0 Å². The van der Waals surface area contributed by atoms with Crippen LogP contribution in [-0.2, 0) is 0 Å². The van der Waals surface area contributed by atoms with Gasteiger partial charge in [-0.15, -0.1) is 13.2 Å². The molecular weight excluding hydrogens is 1050 g/mol. The van der Waals surface area contributed by atoms with Gasteiger partial charge in [-0.05, 0) is 149 Å². The first-order valence-electron chi connectivity index (χ1n) is 23.8. The highest BCUT2D eigenvalue weighted by atomic mass is 19.4. The van der Waals surface area contributed by atoms with Crippen molar-refractivity contribution in [3.63, 3.8) is 0 Å². The number of methoxy groups -OCH3 is 2. The number of aromatic nitrogens is 3. The SMILES string of the molecule is CCOc1cccc(-c2ccc(Nc3ncccc3C(=O)O)c(F)c2)c1.COc1cccc(-c2ccc(Nc3ncccc3C(=O)O)c(F)c2)c1.COc1cccc(-c2ccc(Nc3ncccc3C(=O)O)c(OC(F)(F)F)c2)c1. The molecule has 0 saturated carbocycles. The molecule has 408 valence electrons. The maximum atomic E-state index is 14.5. The second-order valence-corrected chi connectivity index (χ2v) is 16.6. The normalized spacial score (nSPS) is 10.6. The summed E-state index contributed by atoms with van der Waals surface area (Å²) in [5.74, 6) is -3.08. The van der Waals surface area contributed by atoms with E-state index in [1.165, 1.54) is 86.4 Å². The molecule has 0 amide bonds. The van der Waals surface area contributed by atoms with Crippen LogP contribution in [0, 0.1) is 11.6 Å². The minimum atomic E-state index is -4.94. The zero-order chi connectivity index (χ0) is 57.3. The number of hydrogen-bond donors (Lipinski definition) is 6. The Hall–Kier alpha value is -10.6. The molecule has 80 heavy (non-hydrogen) atoms. The number of alkyl halides is 3. The number of hydrogen-bond acceptors (Lipinski definition) is 13. The first-order valence-corrected chi connectivity index (χ1v) is 23.8. The number of halogens is 5. The van der Waals surface area contributed by atoms with E-state index in [1.54, 1.807) is 61.7 Å². The van der Waals surface area contributed by atoms with Crippen LogP contribution in [0.2, 0.25) is 0 Å². The summed E-state index contributed by atoms with van der Waals surface area (Å²) < 4.78 is 87.8. The molecule has 0 aliphatic carbocycles. The van der Waals surface area contributed by atoms with E-state index in [4.69, 9.17) is 19.3 Å². The van der Waals surface area contributed by atoms with Gasteiger partial charge < -0.3 is 50.2 Å². The molecule has 3 heterocycles. The third-order valence-corrected chi connectivity index (χ3v) is 11.3. The molecule has 0 spiro atoms. The second kappa shape index (κ2) is 26.5. The van der Waals surface area contributed by atoms with Crippen LogP contribution in [0.1, 0.15) is 38.0 Å². The number of nitrogens with zero attached hydrogens (tertiary/aromatic N) is 3. The summed E-state index contributed by atoms with van der Waals surface area (Å²) in [5, 5.41) is 35.7. The molecule has 16 nitrogen and oxygen atoms in total. The van der Waals surface area contributed by atoms with Crippen molar-refractivity contribution < 1.29 is 70.6 Å². The zero-order valence-corrected chi connectivity index (χ0v) is 42.5. The number of carbonyl (C=O) groups is 3. The van der Waals surface area contributed by atoms with Crippen molar-refractivity contribution in [1.82, 2.24) is 15.0 Å². The van der Waals surface area contributed by atoms with Crippen LogP contribution in [0.25, 0.3) is 33.4 Å². The number of benzene rings is 6. The molecule has 0 radical (unpaired) electrons. The molecule has 0 unspecified atom stereocenters. The van der Waals surface area contributed by atoms with Crippen LogP contribution in [0.15, 0.2) is 182 Å². The molecule has 0 atom stereocenters. The first-order chi connectivity index (χ1) is 38.4. The van der Waals surface area contributed by atoms with Crippen LogP contribution >= 0.6 is 0 Å². The van der Waals surface area contributed by atoms with E-state index in [-0.39, 0.29) is 51.2 Å². The molecule has 6 aromatic carbocycles. The van der Waals surface area contributed by atoms with Crippen molar-refractivity contribution in [2.75, 3.05) is 36.8 Å². The van der Waals surface area contributed by atoms with Crippen molar-refractivity contribution >= 4 is 52.4 Å². The number of rotatable bonds is 17. The van der Waals surface area contributed by atoms with Gasteiger partial charge in [0, 0.05) is 18.6 Å². The van der Waals surface area contributed by atoms with Crippen LogP contribution in [0.5, 0.6) is 23.0 Å². The minimum Gasteiger partial charge on any atom is -0.497 e. The summed E-state index contributed by atoms with van der Waals surface area (Å²) in [6.07, 6.45) is -0.732. The molecule has 0 aliphatic heterocycles. The molecule has 3 aromatic heterocycles. The lowest BCUT2D eigenvalue weighted by molar-refractivity contribution is -0.274. The van der Waals surface area contributed by atoms with Gasteiger partial charge in [0.2, 0.25) is 0 Å². The van der Waals surface area contributed by atoms with Crippen molar-refractivity contribution in [1.29, 1.82) is 0 Å². The van der Waals surface area contributed by atoms with Crippen LogP contribution < -0.4 is 34.9 Å². The summed E-state index contributed by atoms with van der Waals surface area (Å²) in [7, 11) is 3.05. The van der Waals surface area contributed by atoms with E-state index in [0.29, 0.717) is 46.1 Å². The third kappa shape index (κ3) is 15.3. The third-order valence-electron chi connectivity index (χ3n) is 11.3. The summed E-state index contributed by atoms with van der Waals surface area (Å²) in [4.78, 5) is 45.6. The van der Waals surface area contributed by atoms with Gasteiger partial charge in [0.15, 0.2) is 5.75 Å². The van der Waals surface area contributed by atoms with Gasteiger partial charge in [-0.3, -0.25) is 0 Å². The van der Waals surface area contributed by atoms with Crippen molar-refractivity contribution in [2.45, 2.75) is 13.3 Å². The molecule has 0 fully saturated rings. The van der Waals surface area contributed by atoms with E-state index < -0.39 is 41.7 Å². The second-order valence-electron chi connectivity index (χ2n) is 16.6. The molecule has 9 aromatic rings. The summed E-state index contributed by atoms with van der Waals surface area (Å²) in [6, 6.07) is 43.5. The lowest BCUT2D eigenvalue weighted by Crippen LogP contribution is -2.18.